The summed E-state index contributed by atoms with van der Waals surface area (Å²) >= 11 is 5.91. The highest BCUT2D eigenvalue weighted by atomic mass is 35.5. The summed E-state index contributed by atoms with van der Waals surface area (Å²) in [4.78, 5) is 0. The lowest BCUT2D eigenvalue weighted by molar-refractivity contribution is 0.494. The van der Waals surface area contributed by atoms with Crippen LogP contribution in [0, 0.1) is 0 Å². The quantitative estimate of drug-likeness (QED) is 0.896. The second kappa shape index (κ2) is 6.22. The molecule has 1 N–H and O–H groups in total. The van der Waals surface area contributed by atoms with E-state index in [2.05, 4.69) is 49.5 Å². The number of hydrogen-bond donors (Lipinski definition) is 1. The van der Waals surface area contributed by atoms with Crippen molar-refractivity contribution in [3.63, 3.8) is 0 Å². The van der Waals surface area contributed by atoms with Gasteiger partial charge in [-0.2, -0.15) is 5.10 Å². The Kier molecular flexibility index (Phi) is 4.61. The van der Waals surface area contributed by atoms with Gasteiger partial charge in [0, 0.05) is 35.4 Å². The fourth-order valence-corrected chi connectivity index (χ4v) is 2.22. The summed E-state index contributed by atoms with van der Waals surface area (Å²) in [6.45, 7) is 7.30. The second-order valence-corrected chi connectivity index (χ2v) is 5.23. The third-order valence-electron chi connectivity index (χ3n) is 3.35. The predicted molar refractivity (Wildman–Crippen MR) is 79.3 cm³/mol. The molecule has 0 radical (unpaired) electrons. The van der Waals surface area contributed by atoms with Crippen molar-refractivity contribution in [1.29, 1.82) is 0 Å². The minimum Gasteiger partial charge on any atom is -0.304 e. The summed E-state index contributed by atoms with van der Waals surface area (Å²) < 4.78 is 1.94. The molecule has 0 fully saturated rings. The van der Waals surface area contributed by atoms with Gasteiger partial charge in [-0.1, -0.05) is 23.7 Å². The van der Waals surface area contributed by atoms with E-state index in [9.17, 15) is 0 Å². The van der Waals surface area contributed by atoms with Gasteiger partial charge in [0.1, 0.15) is 0 Å². The van der Waals surface area contributed by atoms with Gasteiger partial charge >= 0.3 is 0 Å². The van der Waals surface area contributed by atoms with E-state index >= 15 is 0 Å². The summed E-state index contributed by atoms with van der Waals surface area (Å²) in [6, 6.07) is 8.51. The van der Waals surface area contributed by atoms with Crippen LogP contribution >= 0.6 is 11.6 Å². The van der Waals surface area contributed by atoms with Crippen molar-refractivity contribution in [2.75, 3.05) is 0 Å². The van der Waals surface area contributed by atoms with Gasteiger partial charge in [0.25, 0.3) is 0 Å². The number of hydrogen-bond acceptors (Lipinski definition) is 2. The van der Waals surface area contributed by atoms with Crippen LogP contribution in [-0.2, 0) is 6.54 Å². The zero-order valence-corrected chi connectivity index (χ0v) is 12.4. The van der Waals surface area contributed by atoms with Crippen LogP contribution in [0.2, 0.25) is 5.02 Å². The molecule has 1 aromatic carbocycles. The Hall–Kier alpha value is -1.32. The fraction of sp³-hybridized carbons (Fsp3) is 0.400. The fourth-order valence-electron chi connectivity index (χ4n) is 2.10. The lowest BCUT2D eigenvalue weighted by Crippen LogP contribution is -2.22. The van der Waals surface area contributed by atoms with Crippen LogP contribution in [0.15, 0.2) is 36.7 Å². The van der Waals surface area contributed by atoms with Crippen LogP contribution in [0.4, 0.5) is 0 Å². The van der Waals surface area contributed by atoms with Crippen molar-refractivity contribution < 1.29 is 0 Å². The van der Waals surface area contributed by atoms with Crippen LogP contribution < -0.4 is 5.32 Å². The molecule has 2 rings (SSSR count). The Morgan fingerprint density at radius 1 is 1.16 bits per heavy atom. The van der Waals surface area contributed by atoms with Crippen LogP contribution in [0.25, 0.3) is 0 Å². The molecular weight excluding hydrogens is 258 g/mol. The van der Waals surface area contributed by atoms with E-state index in [1.807, 2.05) is 23.0 Å². The topological polar surface area (TPSA) is 29.9 Å². The molecule has 4 heteroatoms. The maximum atomic E-state index is 5.91. The van der Waals surface area contributed by atoms with Crippen LogP contribution in [0.3, 0.4) is 0 Å². The van der Waals surface area contributed by atoms with E-state index in [0.717, 1.165) is 11.6 Å². The van der Waals surface area contributed by atoms with E-state index in [4.69, 9.17) is 11.6 Å². The average Bonchev–Trinajstić information content (AvgIpc) is 2.88. The third-order valence-corrected chi connectivity index (χ3v) is 3.60. The summed E-state index contributed by atoms with van der Waals surface area (Å²) in [5.41, 5.74) is 2.45. The van der Waals surface area contributed by atoms with Crippen molar-refractivity contribution in [2.45, 2.75) is 39.4 Å². The Labute approximate surface area is 119 Å². The SMILES string of the molecule is CCn1cc(C(C)N[C@@H](C)c2ccc(Cl)cc2)cn1. The van der Waals surface area contributed by atoms with E-state index in [1.165, 1.54) is 11.1 Å². The molecule has 0 spiro atoms. The summed E-state index contributed by atoms with van der Waals surface area (Å²) in [5, 5.41) is 8.65. The second-order valence-electron chi connectivity index (χ2n) is 4.79. The number of nitrogens with one attached hydrogen (secondary N) is 1. The predicted octanol–water partition coefficient (Wildman–Crippen LogP) is 3.97. The van der Waals surface area contributed by atoms with Gasteiger partial charge in [0.15, 0.2) is 0 Å². The van der Waals surface area contributed by atoms with E-state index in [1.54, 1.807) is 0 Å². The van der Waals surface area contributed by atoms with Crippen molar-refractivity contribution >= 4 is 11.6 Å². The normalized spacial score (nSPS) is 14.3. The lowest BCUT2D eigenvalue weighted by Gasteiger charge is -2.19. The molecule has 0 aliphatic carbocycles. The van der Waals surface area contributed by atoms with E-state index in [-0.39, 0.29) is 12.1 Å². The Balaban J connectivity index is 2.01. The standard InChI is InChI=1S/C15H20ClN3/c1-4-19-10-14(9-17-19)12(3)18-11(2)13-5-7-15(16)8-6-13/h5-12,18H,4H2,1-3H3/t11-,12?/m0/s1. The zero-order valence-electron chi connectivity index (χ0n) is 11.6. The Bertz CT molecular complexity index is 518. The highest BCUT2D eigenvalue weighted by Gasteiger charge is 2.12. The van der Waals surface area contributed by atoms with Crippen LogP contribution in [-0.4, -0.2) is 9.78 Å². The summed E-state index contributed by atoms with van der Waals surface area (Å²) in [5.74, 6) is 0. The van der Waals surface area contributed by atoms with E-state index < -0.39 is 0 Å². The Morgan fingerprint density at radius 3 is 2.37 bits per heavy atom. The van der Waals surface area contributed by atoms with Gasteiger partial charge in [-0.05, 0) is 38.5 Å². The first-order chi connectivity index (χ1) is 9.10. The van der Waals surface area contributed by atoms with Gasteiger partial charge in [0.05, 0.1) is 6.20 Å². The van der Waals surface area contributed by atoms with Gasteiger partial charge in [-0.25, -0.2) is 0 Å². The van der Waals surface area contributed by atoms with Gasteiger partial charge in [0.2, 0.25) is 0 Å². The van der Waals surface area contributed by atoms with Gasteiger partial charge < -0.3 is 5.32 Å². The molecule has 2 aromatic rings. The maximum absolute atomic E-state index is 5.91. The van der Waals surface area contributed by atoms with Crippen LogP contribution in [0.5, 0.6) is 0 Å². The van der Waals surface area contributed by atoms with Gasteiger partial charge in [-0.3, -0.25) is 4.68 Å². The molecule has 0 amide bonds. The molecule has 3 nitrogen and oxygen atoms in total. The highest BCUT2D eigenvalue weighted by molar-refractivity contribution is 6.30. The van der Waals surface area contributed by atoms with Crippen molar-refractivity contribution in [2.24, 2.45) is 0 Å². The third kappa shape index (κ3) is 3.58. The molecule has 0 aliphatic heterocycles. The minimum atomic E-state index is 0.269. The van der Waals surface area contributed by atoms with Crippen molar-refractivity contribution in [3.05, 3.63) is 52.8 Å². The number of aromatic nitrogens is 2. The first kappa shape index (κ1) is 14.1. The minimum absolute atomic E-state index is 0.269. The summed E-state index contributed by atoms with van der Waals surface area (Å²) in [6.07, 6.45) is 4.02. The molecular formula is C15H20ClN3. The largest absolute Gasteiger partial charge is 0.304 e. The average molecular weight is 278 g/mol. The summed E-state index contributed by atoms with van der Waals surface area (Å²) in [7, 11) is 0. The molecule has 2 atom stereocenters. The number of halogens is 1. The van der Waals surface area contributed by atoms with E-state index in [0.29, 0.717) is 0 Å². The molecule has 102 valence electrons. The number of nitrogens with zero attached hydrogens (tertiary/aromatic N) is 2. The number of benzene rings is 1. The molecule has 1 aromatic heterocycles. The Morgan fingerprint density at radius 2 is 1.79 bits per heavy atom. The number of rotatable bonds is 5. The monoisotopic (exact) mass is 277 g/mol. The molecule has 0 saturated heterocycles. The molecule has 1 unspecified atom stereocenters. The van der Waals surface area contributed by atoms with Crippen LogP contribution in [0.1, 0.15) is 44.0 Å². The number of aryl methyl sites for hydroxylation is 1. The molecule has 0 aliphatic rings. The first-order valence-electron chi connectivity index (χ1n) is 6.64. The molecule has 19 heavy (non-hydrogen) atoms. The molecule has 1 heterocycles. The smallest absolute Gasteiger partial charge is 0.0537 e. The first-order valence-corrected chi connectivity index (χ1v) is 7.01. The highest BCUT2D eigenvalue weighted by Crippen LogP contribution is 2.20. The van der Waals surface area contributed by atoms with Gasteiger partial charge in [-0.15, -0.1) is 0 Å². The van der Waals surface area contributed by atoms with Crippen molar-refractivity contribution in [3.8, 4) is 0 Å². The van der Waals surface area contributed by atoms with Crippen molar-refractivity contribution in [1.82, 2.24) is 15.1 Å². The maximum Gasteiger partial charge on any atom is 0.0537 e. The molecule has 0 bridgehead atoms. The lowest BCUT2D eigenvalue weighted by atomic mass is 10.1. The zero-order chi connectivity index (χ0) is 13.8. The molecule has 0 saturated carbocycles.